The largest absolute Gasteiger partial charge is 0.405 e. The Hall–Kier alpha value is -0.780. The molecule has 1 nitrogen and oxygen atoms in total. The van der Waals surface area contributed by atoms with Crippen LogP contribution in [0.25, 0.3) is 0 Å². The highest BCUT2D eigenvalue weighted by Gasteiger charge is 2.31. The van der Waals surface area contributed by atoms with Crippen LogP contribution in [-0.2, 0) is 5.33 Å². The zero-order valence-corrected chi connectivity index (χ0v) is 11.5. The number of anilines is 1. The van der Waals surface area contributed by atoms with Gasteiger partial charge in [0.25, 0.3) is 0 Å². The van der Waals surface area contributed by atoms with Crippen molar-refractivity contribution in [2.45, 2.75) is 24.9 Å². The summed E-state index contributed by atoms with van der Waals surface area (Å²) in [6.07, 6.45) is -3.74. The van der Waals surface area contributed by atoms with E-state index in [9.17, 15) is 17.6 Å². The summed E-state index contributed by atoms with van der Waals surface area (Å²) in [7, 11) is 0. The van der Waals surface area contributed by atoms with Crippen molar-refractivity contribution >= 4 is 21.6 Å². The maximum atomic E-state index is 13.5. The monoisotopic (exact) mass is 327 g/mol. The molecular formula is C12H14BrF4N. The Morgan fingerprint density at radius 3 is 2.44 bits per heavy atom. The molecule has 0 unspecified atom stereocenters. The van der Waals surface area contributed by atoms with Gasteiger partial charge in [-0.15, -0.1) is 0 Å². The van der Waals surface area contributed by atoms with Crippen LogP contribution in [0.4, 0.5) is 23.2 Å². The van der Waals surface area contributed by atoms with Crippen molar-refractivity contribution in [1.29, 1.82) is 0 Å². The second-order valence-corrected chi connectivity index (χ2v) is 4.47. The lowest BCUT2D eigenvalue weighted by Gasteiger charge is -2.27. The van der Waals surface area contributed by atoms with Crippen LogP contribution in [-0.4, -0.2) is 19.3 Å². The molecule has 0 aliphatic carbocycles. The highest BCUT2D eigenvalue weighted by molar-refractivity contribution is 9.08. The Bertz CT molecular complexity index is 392. The minimum Gasteiger partial charge on any atom is -0.362 e. The van der Waals surface area contributed by atoms with Gasteiger partial charge in [0.15, 0.2) is 0 Å². The molecule has 0 heterocycles. The molecule has 18 heavy (non-hydrogen) atoms. The van der Waals surface area contributed by atoms with E-state index in [1.807, 2.05) is 0 Å². The van der Waals surface area contributed by atoms with Crippen LogP contribution in [0, 0.1) is 5.82 Å². The second-order valence-electron chi connectivity index (χ2n) is 3.91. The molecule has 0 saturated heterocycles. The molecule has 1 rings (SSSR count). The smallest absolute Gasteiger partial charge is 0.362 e. The fraction of sp³-hybridized carbons (Fsp3) is 0.500. The molecule has 0 saturated carbocycles. The molecule has 0 spiro atoms. The highest BCUT2D eigenvalue weighted by Crippen LogP contribution is 2.28. The Balaban J connectivity index is 3.09. The summed E-state index contributed by atoms with van der Waals surface area (Å²) in [6, 6.07) is 4.19. The van der Waals surface area contributed by atoms with Gasteiger partial charge in [0.2, 0.25) is 0 Å². The van der Waals surface area contributed by atoms with Gasteiger partial charge in [-0.05, 0) is 18.6 Å². The molecule has 0 atom stereocenters. The SMILES string of the molecule is CCCN(CC(F)(F)F)c1cccc(F)c1CBr. The van der Waals surface area contributed by atoms with Crippen molar-refractivity contribution in [3.05, 3.63) is 29.6 Å². The molecule has 0 N–H and O–H groups in total. The lowest BCUT2D eigenvalue weighted by Crippen LogP contribution is -2.35. The van der Waals surface area contributed by atoms with Crippen LogP contribution < -0.4 is 4.90 Å². The van der Waals surface area contributed by atoms with Gasteiger partial charge in [-0.3, -0.25) is 0 Å². The van der Waals surface area contributed by atoms with Crippen molar-refractivity contribution in [2.75, 3.05) is 18.0 Å². The number of nitrogens with zero attached hydrogens (tertiary/aromatic N) is 1. The van der Waals surface area contributed by atoms with Gasteiger partial charge in [0, 0.05) is 23.1 Å². The van der Waals surface area contributed by atoms with Crippen molar-refractivity contribution < 1.29 is 17.6 Å². The highest BCUT2D eigenvalue weighted by atomic mass is 79.9. The normalized spacial score (nSPS) is 11.7. The maximum Gasteiger partial charge on any atom is 0.405 e. The molecule has 0 aliphatic heterocycles. The van der Waals surface area contributed by atoms with E-state index in [1.54, 1.807) is 6.92 Å². The van der Waals surface area contributed by atoms with Crippen LogP contribution in [0.3, 0.4) is 0 Å². The minimum absolute atomic E-state index is 0.188. The van der Waals surface area contributed by atoms with Crippen molar-refractivity contribution in [3.8, 4) is 0 Å². The van der Waals surface area contributed by atoms with Crippen LogP contribution in [0.2, 0.25) is 0 Å². The topological polar surface area (TPSA) is 3.24 Å². The molecule has 0 fully saturated rings. The third kappa shape index (κ3) is 4.15. The van der Waals surface area contributed by atoms with Crippen LogP contribution in [0.1, 0.15) is 18.9 Å². The van der Waals surface area contributed by atoms with E-state index in [0.717, 1.165) is 0 Å². The third-order valence-electron chi connectivity index (χ3n) is 2.43. The molecule has 1 aromatic rings. The molecule has 0 amide bonds. The van der Waals surface area contributed by atoms with Crippen LogP contribution in [0.15, 0.2) is 18.2 Å². The number of hydrogen-bond donors (Lipinski definition) is 0. The molecule has 0 aliphatic rings. The van der Waals surface area contributed by atoms with E-state index < -0.39 is 18.5 Å². The lowest BCUT2D eigenvalue weighted by molar-refractivity contribution is -0.119. The second kappa shape index (κ2) is 6.41. The Kier molecular flexibility index (Phi) is 5.44. The van der Waals surface area contributed by atoms with Gasteiger partial charge in [0.1, 0.15) is 12.4 Å². The van der Waals surface area contributed by atoms with Gasteiger partial charge in [-0.2, -0.15) is 13.2 Å². The van der Waals surface area contributed by atoms with E-state index in [1.165, 1.54) is 23.1 Å². The lowest BCUT2D eigenvalue weighted by atomic mass is 10.1. The van der Waals surface area contributed by atoms with Crippen LogP contribution >= 0.6 is 15.9 Å². The Labute approximate surface area is 112 Å². The number of rotatable bonds is 5. The summed E-state index contributed by atoms with van der Waals surface area (Å²) < 4.78 is 51.1. The maximum absolute atomic E-state index is 13.5. The molecule has 102 valence electrons. The first kappa shape index (κ1) is 15.3. The average molecular weight is 328 g/mol. The number of benzene rings is 1. The average Bonchev–Trinajstić information content (AvgIpc) is 2.26. The van der Waals surface area contributed by atoms with E-state index in [0.29, 0.717) is 12.1 Å². The third-order valence-corrected chi connectivity index (χ3v) is 2.99. The minimum atomic E-state index is -4.30. The van der Waals surface area contributed by atoms with Crippen molar-refractivity contribution in [1.82, 2.24) is 0 Å². The number of alkyl halides is 4. The van der Waals surface area contributed by atoms with Gasteiger partial charge >= 0.3 is 6.18 Å². The molecular weight excluding hydrogens is 314 g/mol. The Morgan fingerprint density at radius 1 is 1.28 bits per heavy atom. The predicted molar refractivity (Wildman–Crippen MR) is 67.6 cm³/mol. The molecule has 6 heteroatoms. The first-order valence-electron chi connectivity index (χ1n) is 5.54. The summed E-state index contributed by atoms with van der Waals surface area (Å²) >= 11 is 3.11. The molecule has 0 bridgehead atoms. The van der Waals surface area contributed by atoms with E-state index in [2.05, 4.69) is 15.9 Å². The van der Waals surface area contributed by atoms with Gasteiger partial charge < -0.3 is 4.90 Å². The standard InChI is InChI=1S/C12H14BrF4N/c1-2-6-18(8-12(15,16)17)11-5-3-4-10(14)9(11)7-13/h3-5H,2,6-8H2,1H3. The first-order valence-corrected chi connectivity index (χ1v) is 6.66. The van der Waals surface area contributed by atoms with Gasteiger partial charge in [-0.25, -0.2) is 4.39 Å². The predicted octanol–water partition coefficient (Wildman–Crippen LogP) is 4.50. The van der Waals surface area contributed by atoms with Crippen molar-refractivity contribution in [2.24, 2.45) is 0 Å². The fourth-order valence-corrected chi connectivity index (χ4v) is 2.30. The van der Waals surface area contributed by atoms with Crippen molar-refractivity contribution in [3.63, 3.8) is 0 Å². The molecule has 0 aromatic heterocycles. The number of halogens is 5. The number of hydrogen-bond acceptors (Lipinski definition) is 1. The van der Waals surface area contributed by atoms with Crippen LogP contribution in [0.5, 0.6) is 0 Å². The van der Waals surface area contributed by atoms with Gasteiger partial charge in [-0.1, -0.05) is 28.9 Å². The molecule has 1 aromatic carbocycles. The zero-order valence-electron chi connectivity index (χ0n) is 9.90. The first-order chi connectivity index (χ1) is 8.39. The summed E-state index contributed by atoms with van der Waals surface area (Å²) in [5.74, 6) is -0.493. The summed E-state index contributed by atoms with van der Waals surface area (Å²) in [5.41, 5.74) is 0.557. The zero-order chi connectivity index (χ0) is 13.8. The summed E-state index contributed by atoms with van der Waals surface area (Å²) in [6.45, 7) is 0.962. The fourth-order valence-electron chi connectivity index (χ4n) is 1.75. The summed E-state index contributed by atoms with van der Waals surface area (Å²) in [5, 5.41) is 0.188. The van der Waals surface area contributed by atoms with Gasteiger partial charge in [0.05, 0.1) is 0 Å². The summed E-state index contributed by atoms with van der Waals surface area (Å²) in [4.78, 5) is 1.17. The van der Waals surface area contributed by atoms with E-state index in [-0.39, 0.29) is 17.4 Å². The quantitative estimate of drug-likeness (QED) is 0.568. The van der Waals surface area contributed by atoms with E-state index in [4.69, 9.17) is 0 Å². The van der Waals surface area contributed by atoms with E-state index >= 15 is 0 Å². The molecule has 0 radical (unpaired) electrons. The Morgan fingerprint density at radius 2 is 1.94 bits per heavy atom.